The minimum atomic E-state index is -3.23. The van der Waals surface area contributed by atoms with E-state index in [-0.39, 0.29) is 17.2 Å². The molecule has 0 bridgehead atoms. The van der Waals surface area contributed by atoms with Crippen molar-refractivity contribution in [1.29, 1.82) is 0 Å². The second kappa shape index (κ2) is 6.81. The highest BCUT2D eigenvalue weighted by Gasteiger charge is 2.42. The van der Waals surface area contributed by atoms with E-state index < -0.39 is 10.0 Å². The lowest BCUT2D eigenvalue weighted by Crippen LogP contribution is -2.43. The molecule has 0 saturated heterocycles. The van der Waals surface area contributed by atoms with E-state index in [9.17, 15) is 13.2 Å². The van der Waals surface area contributed by atoms with Gasteiger partial charge >= 0.3 is 0 Å². The van der Waals surface area contributed by atoms with E-state index in [0.717, 1.165) is 18.5 Å². The molecular formula is C17H21N5O3S. The summed E-state index contributed by atoms with van der Waals surface area (Å²) in [4.78, 5) is 16.1. The molecule has 0 unspecified atom stereocenters. The highest BCUT2D eigenvalue weighted by Crippen LogP contribution is 2.34. The molecule has 0 aromatic carbocycles. The number of amides is 1. The van der Waals surface area contributed by atoms with Crippen molar-refractivity contribution in [3.05, 3.63) is 48.0 Å². The molecule has 2 aromatic rings. The average molecular weight is 375 g/mol. The fourth-order valence-electron chi connectivity index (χ4n) is 3.29. The summed E-state index contributed by atoms with van der Waals surface area (Å²) in [6.45, 7) is 1.21. The molecule has 9 heteroatoms. The molecule has 138 valence electrons. The Hall–Kier alpha value is -2.26. The van der Waals surface area contributed by atoms with Gasteiger partial charge < -0.3 is 5.32 Å². The van der Waals surface area contributed by atoms with Crippen LogP contribution in [0.2, 0.25) is 0 Å². The number of carbonyl (C=O) groups is 1. The Balaban J connectivity index is 1.41. The van der Waals surface area contributed by atoms with Gasteiger partial charge in [-0.1, -0.05) is 0 Å². The van der Waals surface area contributed by atoms with Crippen LogP contribution in [-0.2, 0) is 16.6 Å². The third kappa shape index (κ3) is 3.36. The minimum absolute atomic E-state index is 0.0866. The predicted octanol–water partition coefficient (Wildman–Crippen LogP) is 0.947. The zero-order valence-electron chi connectivity index (χ0n) is 14.3. The largest absolute Gasteiger partial charge is 0.352 e. The Morgan fingerprint density at radius 3 is 2.85 bits per heavy atom. The summed E-state index contributed by atoms with van der Waals surface area (Å²) >= 11 is 0. The number of nitrogens with one attached hydrogen (secondary N) is 1. The summed E-state index contributed by atoms with van der Waals surface area (Å²) in [6.07, 6.45) is 6.95. The SMILES string of the molecule is O=C(NCC[C@@H]1CN(S(=O)(=O)C2CC2)Cc2ccnn21)c1cccnc1. The normalized spacial score (nSPS) is 20.5. The third-order valence-electron chi connectivity index (χ3n) is 4.84. The van der Waals surface area contributed by atoms with Crippen molar-refractivity contribution >= 4 is 15.9 Å². The summed E-state index contributed by atoms with van der Waals surface area (Å²) < 4.78 is 28.7. The number of hydrogen-bond donors (Lipinski definition) is 1. The topological polar surface area (TPSA) is 97.2 Å². The smallest absolute Gasteiger partial charge is 0.252 e. The van der Waals surface area contributed by atoms with Crippen molar-refractivity contribution in [3.8, 4) is 0 Å². The van der Waals surface area contributed by atoms with E-state index in [1.165, 1.54) is 6.20 Å². The van der Waals surface area contributed by atoms with E-state index in [1.54, 1.807) is 28.8 Å². The van der Waals surface area contributed by atoms with Crippen LogP contribution in [0.25, 0.3) is 0 Å². The lowest BCUT2D eigenvalue weighted by Gasteiger charge is -2.33. The van der Waals surface area contributed by atoms with Crippen LogP contribution in [0.15, 0.2) is 36.8 Å². The van der Waals surface area contributed by atoms with Gasteiger partial charge in [0.15, 0.2) is 0 Å². The number of sulfonamides is 1. The van der Waals surface area contributed by atoms with Gasteiger partial charge in [0.25, 0.3) is 5.91 Å². The summed E-state index contributed by atoms with van der Waals surface area (Å²) in [7, 11) is -3.23. The van der Waals surface area contributed by atoms with E-state index in [4.69, 9.17) is 0 Å². The van der Waals surface area contributed by atoms with E-state index in [2.05, 4.69) is 15.4 Å². The van der Waals surface area contributed by atoms with Gasteiger partial charge in [0.1, 0.15) is 0 Å². The van der Waals surface area contributed by atoms with Crippen LogP contribution in [0.3, 0.4) is 0 Å². The first-order valence-corrected chi connectivity index (χ1v) is 10.3. The van der Waals surface area contributed by atoms with Gasteiger partial charge in [-0.2, -0.15) is 9.40 Å². The molecular weight excluding hydrogens is 354 g/mol. The van der Waals surface area contributed by atoms with Gasteiger partial charge in [-0.05, 0) is 37.5 Å². The van der Waals surface area contributed by atoms with Crippen molar-refractivity contribution in [3.63, 3.8) is 0 Å². The number of fused-ring (bicyclic) bond motifs is 1. The van der Waals surface area contributed by atoms with Crippen LogP contribution in [0.5, 0.6) is 0 Å². The molecule has 26 heavy (non-hydrogen) atoms. The molecule has 0 radical (unpaired) electrons. The molecule has 1 atom stereocenters. The molecule has 3 heterocycles. The van der Waals surface area contributed by atoms with Crippen LogP contribution in [-0.4, -0.2) is 51.7 Å². The molecule has 4 rings (SSSR count). The number of rotatable bonds is 6. The van der Waals surface area contributed by atoms with Crippen LogP contribution in [0.4, 0.5) is 0 Å². The first kappa shape index (κ1) is 17.2. The summed E-state index contributed by atoms with van der Waals surface area (Å²) in [5, 5.41) is 6.99. The number of aromatic nitrogens is 3. The van der Waals surface area contributed by atoms with Crippen LogP contribution in [0.1, 0.15) is 41.4 Å². The van der Waals surface area contributed by atoms with E-state index >= 15 is 0 Å². The molecule has 0 spiro atoms. The second-order valence-electron chi connectivity index (χ2n) is 6.74. The summed E-state index contributed by atoms with van der Waals surface area (Å²) in [6, 6.07) is 5.19. The lowest BCUT2D eigenvalue weighted by atomic mass is 10.1. The van der Waals surface area contributed by atoms with Crippen molar-refractivity contribution in [2.75, 3.05) is 13.1 Å². The Labute approximate surface area is 152 Å². The Morgan fingerprint density at radius 1 is 1.27 bits per heavy atom. The fraction of sp³-hybridized carbons (Fsp3) is 0.471. The maximum Gasteiger partial charge on any atom is 0.252 e. The van der Waals surface area contributed by atoms with E-state index in [1.807, 2.05) is 10.7 Å². The quantitative estimate of drug-likeness (QED) is 0.811. The molecule has 1 amide bonds. The fourth-order valence-corrected chi connectivity index (χ4v) is 5.13. The van der Waals surface area contributed by atoms with Crippen LogP contribution >= 0.6 is 0 Å². The molecule has 8 nitrogen and oxygen atoms in total. The molecule has 1 fully saturated rings. The zero-order chi connectivity index (χ0) is 18.1. The second-order valence-corrected chi connectivity index (χ2v) is 8.96. The van der Waals surface area contributed by atoms with Gasteiger partial charge in [-0.25, -0.2) is 8.42 Å². The zero-order valence-corrected chi connectivity index (χ0v) is 15.1. The van der Waals surface area contributed by atoms with Gasteiger partial charge in [-0.3, -0.25) is 14.5 Å². The molecule has 1 aliphatic heterocycles. The highest BCUT2D eigenvalue weighted by atomic mass is 32.2. The molecule has 1 aliphatic carbocycles. The molecule has 1 N–H and O–H groups in total. The highest BCUT2D eigenvalue weighted by molar-refractivity contribution is 7.90. The maximum atomic E-state index is 12.6. The molecule has 2 aromatic heterocycles. The molecule has 1 saturated carbocycles. The van der Waals surface area contributed by atoms with Crippen molar-refractivity contribution < 1.29 is 13.2 Å². The van der Waals surface area contributed by atoms with Gasteiger partial charge in [-0.15, -0.1) is 0 Å². The summed E-state index contributed by atoms with van der Waals surface area (Å²) in [5.74, 6) is -0.183. The van der Waals surface area contributed by atoms with Crippen LogP contribution in [0, 0.1) is 0 Å². The summed E-state index contributed by atoms with van der Waals surface area (Å²) in [5.41, 5.74) is 1.40. The predicted molar refractivity (Wildman–Crippen MR) is 94.8 cm³/mol. The lowest BCUT2D eigenvalue weighted by molar-refractivity contribution is 0.0949. The maximum absolute atomic E-state index is 12.6. The Kier molecular flexibility index (Phi) is 4.49. The van der Waals surface area contributed by atoms with Crippen LogP contribution < -0.4 is 5.32 Å². The number of hydrogen-bond acceptors (Lipinski definition) is 5. The minimum Gasteiger partial charge on any atom is -0.352 e. The number of pyridine rings is 1. The first-order valence-electron chi connectivity index (χ1n) is 8.75. The van der Waals surface area contributed by atoms with E-state index in [0.29, 0.717) is 31.6 Å². The Morgan fingerprint density at radius 2 is 2.12 bits per heavy atom. The first-order chi connectivity index (χ1) is 12.6. The molecule has 2 aliphatic rings. The number of nitrogens with zero attached hydrogens (tertiary/aromatic N) is 4. The van der Waals surface area contributed by atoms with Gasteiger partial charge in [0.2, 0.25) is 10.0 Å². The monoisotopic (exact) mass is 375 g/mol. The van der Waals surface area contributed by atoms with Gasteiger partial charge in [0.05, 0.1) is 29.1 Å². The number of carbonyl (C=O) groups excluding carboxylic acids is 1. The van der Waals surface area contributed by atoms with Crippen molar-refractivity contribution in [2.24, 2.45) is 0 Å². The van der Waals surface area contributed by atoms with Gasteiger partial charge in [0, 0.05) is 31.7 Å². The van der Waals surface area contributed by atoms with Crippen molar-refractivity contribution in [1.82, 2.24) is 24.4 Å². The standard InChI is InChI=1S/C17H21N5O3S/c23-17(13-2-1-7-18-10-13)19-8-5-14-11-21(26(24,25)16-3-4-16)12-15-6-9-20-22(14)15/h1-2,6-7,9-10,14,16H,3-5,8,11-12H2,(H,19,23)/t14-/m1/s1. The van der Waals surface area contributed by atoms with Crippen molar-refractivity contribution in [2.45, 2.75) is 37.1 Å². The average Bonchev–Trinajstić information content (AvgIpc) is 3.41. The third-order valence-corrected chi connectivity index (χ3v) is 7.16. The Bertz CT molecular complexity index is 892.